The molecule has 13 heavy (non-hydrogen) atoms. The zero-order valence-electron chi connectivity index (χ0n) is 7.44. The van der Waals surface area contributed by atoms with Crippen molar-refractivity contribution in [2.75, 3.05) is 0 Å². The first-order valence-corrected chi connectivity index (χ1v) is 4.55. The summed E-state index contributed by atoms with van der Waals surface area (Å²) in [7, 11) is 0. The SMILES string of the molecule is C#C[C@H]1O[C@@H]1CCc1ccccc1. The van der Waals surface area contributed by atoms with Crippen LogP contribution in [0.1, 0.15) is 12.0 Å². The van der Waals surface area contributed by atoms with Crippen LogP contribution in [0.4, 0.5) is 0 Å². The van der Waals surface area contributed by atoms with Crippen molar-refractivity contribution in [1.82, 2.24) is 0 Å². The number of hydrogen-bond acceptors (Lipinski definition) is 1. The maximum absolute atomic E-state index is 5.25. The third kappa shape index (κ3) is 2.11. The Balaban J connectivity index is 1.79. The van der Waals surface area contributed by atoms with Gasteiger partial charge in [0.05, 0.1) is 6.10 Å². The molecule has 1 heteroatoms. The Labute approximate surface area is 78.7 Å². The predicted octanol–water partition coefficient (Wildman–Crippen LogP) is 2.02. The van der Waals surface area contributed by atoms with Gasteiger partial charge in [-0.1, -0.05) is 36.3 Å². The molecule has 2 rings (SSSR count). The number of hydrogen-bond donors (Lipinski definition) is 0. The summed E-state index contributed by atoms with van der Waals surface area (Å²) in [5.41, 5.74) is 1.36. The van der Waals surface area contributed by atoms with Crippen molar-refractivity contribution in [1.29, 1.82) is 0 Å². The van der Waals surface area contributed by atoms with Gasteiger partial charge < -0.3 is 4.74 Å². The van der Waals surface area contributed by atoms with Crippen LogP contribution >= 0.6 is 0 Å². The van der Waals surface area contributed by atoms with Gasteiger partial charge in [-0.25, -0.2) is 0 Å². The molecule has 1 aromatic rings. The summed E-state index contributed by atoms with van der Waals surface area (Å²) in [6, 6.07) is 10.4. The molecular weight excluding hydrogens is 160 g/mol. The van der Waals surface area contributed by atoms with E-state index in [-0.39, 0.29) is 6.10 Å². The predicted molar refractivity (Wildman–Crippen MR) is 52.3 cm³/mol. The molecule has 1 heterocycles. The highest BCUT2D eigenvalue weighted by Crippen LogP contribution is 2.25. The topological polar surface area (TPSA) is 12.5 Å². The lowest BCUT2D eigenvalue weighted by molar-refractivity contribution is 0.382. The molecule has 0 amide bonds. The van der Waals surface area contributed by atoms with E-state index >= 15 is 0 Å². The van der Waals surface area contributed by atoms with Gasteiger partial charge in [-0.05, 0) is 18.4 Å². The second kappa shape index (κ2) is 3.64. The summed E-state index contributed by atoms with van der Waals surface area (Å²) in [5, 5.41) is 0. The third-order valence-corrected chi connectivity index (χ3v) is 2.31. The molecule has 2 atom stereocenters. The zero-order valence-corrected chi connectivity index (χ0v) is 7.44. The molecule has 0 unspecified atom stereocenters. The van der Waals surface area contributed by atoms with E-state index in [4.69, 9.17) is 11.2 Å². The molecule has 1 saturated heterocycles. The van der Waals surface area contributed by atoms with Crippen LogP contribution < -0.4 is 0 Å². The van der Waals surface area contributed by atoms with Crippen molar-refractivity contribution in [2.24, 2.45) is 0 Å². The lowest BCUT2D eigenvalue weighted by Gasteiger charge is -1.96. The summed E-state index contributed by atoms with van der Waals surface area (Å²) < 4.78 is 5.25. The number of terminal acetylenes is 1. The fourth-order valence-electron chi connectivity index (χ4n) is 1.46. The number of aryl methyl sites for hydroxylation is 1. The Hall–Kier alpha value is -1.26. The fourth-order valence-corrected chi connectivity index (χ4v) is 1.46. The average molecular weight is 172 g/mol. The van der Waals surface area contributed by atoms with Gasteiger partial charge in [-0.3, -0.25) is 0 Å². The van der Waals surface area contributed by atoms with Gasteiger partial charge in [-0.2, -0.15) is 0 Å². The Kier molecular flexibility index (Phi) is 2.33. The molecule has 0 saturated carbocycles. The smallest absolute Gasteiger partial charge is 0.144 e. The van der Waals surface area contributed by atoms with Crippen LogP contribution in [0.15, 0.2) is 30.3 Å². The summed E-state index contributed by atoms with van der Waals surface area (Å²) >= 11 is 0. The molecular formula is C12H12O. The minimum atomic E-state index is 0.0868. The maximum Gasteiger partial charge on any atom is 0.144 e. The number of ether oxygens (including phenoxy) is 1. The first-order chi connectivity index (χ1) is 6.40. The first kappa shape index (κ1) is 8.34. The number of rotatable bonds is 3. The first-order valence-electron chi connectivity index (χ1n) is 4.55. The van der Waals surface area contributed by atoms with E-state index in [2.05, 4.69) is 30.2 Å². The lowest BCUT2D eigenvalue weighted by Crippen LogP contribution is -1.94. The molecule has 1 fully saturated rings. The normalized spacial score (nSPS) is 25.2. The Morgan fingerprint density at radius 2 is 2.08 bits per heavy atom. The highest BCUT2D eigenvalue weighted by atomic mass is 16.6. The summed E-state index contributed by atoms with van der Waals surface area (Å²) in [6.45, 7) is 0. The summed E-state index contributed by atoms with van der Waals surface area (Å²) in [6.07, 6.45) is 7.72. The van der Waals surface area contributed by atoms with Crippen molar-refractivity contribution in [2.45, 2.75) is 25.0 Å². The van der Waals surface area contributed by atoms with Crippen LogP contribution in [0.2, 0.25) is 0 Å². The van der Waals surface area contributed by atoms with Gasteiger partial charge in [-0.15, -0.1) is 6.42 Å². The molecule has 0 aliphatic carbocycles. The van der Waals surface area contributed by atoms with Crippen molar-refractivity contribution >= 4 is 0 Å². The van der Waals surface area contributed by atoms with Gasteiger partial charge >= 0.3 is 0 Å². The van der Waals surface area contributed by atoms with E-state index in [1.165, 1.54) is 5.56 Å². The lowest BCUT2D eigenvalue weighted by atomic mass is 10.1. The molecule has 0 N–H and O–H groups in total. The minimum Gasteiger partial charge on any atom is -0.356 e. The number of epoxide rings is 1. The molecule has 66 valence electrons. The van der Waals surface area contributed by atoms with Gasteiger partial charge in [0.15, 0.2) is 0 Å². The van der Waals surface area contributed by atoms with E-state index in [1.54, 1.807) is 0 Å². The van der Waals surface area contributed by atoms with Crippen LogP contribution in [-0.2, 0) is 11.2 Å². The van der Waals surface area contributed by atoms with Crippen LogP contribution in [0.3, 0.4) is 0 Å². The van der Waals surface area contributed by atoms with E-state index in [0.29, 0.717) is 6.10 Å². The summed E-state index contributed by atoms with van der Waals surface area (Å²) in [4.78, 5) is 0. The highest BCUT2D eigenvalue weighted by molar-refractivity contribution is 5.16. The zero-order chi connectivity index (χ0) is 9.10. The quantitative estimate of drug-likeness (QED) is 0.502. The molecule has 0 bridgehead atoms. The molecule has 0 spiro atoms. The molecule has 1 nitrogen and oxygen atoms in total. The standard InChI is InChI=1S/C12H12O/c1-2-11-12(13-11)9-8-10-6-4-3-5-7-10/h1,3-7,11-12H,8-9H2/t11-,12-/m1/s1. The Bertz CT molecular complexity index is 310. The third-order valence-electron chi connectivity index (χ3n) is 2.31. The van der Waals surface area contributed by atoms with E-state index in [9.17, 15) is 0 Å². The monoisotopic (exact) mass is 172 g/mol. The van der Waals surface area contributed by atoms with Gasteiger partial charge in [0.1, 0.15) is 6.10 Å². The van der Waals surface area contributed by atoms with E-state index in [0.717, 1.165) is 12.8 Å². The fraction of sp³-hybridized carbons (Fsp3) is 0.333. The molecule has 0 radical (unpaired) electrons. The average Bonchev–Trinajstić information content (AvgIpc) is 2.95. The van der Waals surface area contributed by atoms with Crippen molar-refractivity contribution in [3.05, 3.63) is 35.9 Å². The Morgan fingerprint density at radius 3 is 2.69 bits per heavy atom. The number of benzene rings is 1. The summed E-state index contributed by atoms with van der Waals surface area (Å²) in [5.74, 6) is 2.60. The maximum atomic E-state index is 5.25. The molecule has 1 aliphatic heterocycles. The molecule has 1 aromatic carbocycles. The van der Waals surface area contributed by atoms with E-state index < -0.39 is 0 Å². The Morgan fingerprint density at radius 1 is 1.31 bits per heavy atom. The highest BCUT2D eigenvalue weighted by Gasteiger charge is 2.36. The molecule has 0 aromatic heterocycles. The van der Waals surface area contributed by atoms with Gasteiger partial charge in [0.2, 0.25) is 0 Å². The minimum absolute atomic E-state index is 0.0868. The van der Waals surface area contributed by atoms with Gasteiger partial charge in [0.25, 0.3) is 0 Å². The van der Waals surface area contributed by atoms with Crippen LogP contribution in [0, 0.1) is 12.3 Å². The van der Waals surface area contributed by atoms with E-state index in [1.807, 2.05) is 6.07 Å². The van der Waals surface area contributed by atoms with Crippen LogP contribution in [-0.4, -0.2) is 12.2 Å². The second-order valence-corrected chi connectivity index (χ2v) is 3.29. The van der Waals surface area contributed by atoms with Crippen LogP contribution in [0.5, 0.6) is 0 Å². The van der Waals surface area contributed by atoms with Crippen molar-refractivity contribution in [3.8, 4) is 12.3 Å². The van der Waals surface area contributed by atoms with Crippen molar-refractivity contribution < 1.29 is 4.74 Å². The van der Waals surface area contributed by atoms with Crippen molar-refractivity contribution in [3.63, 3.8) is 0 Å². The molecule has 1 aliphatic rings. The largest absolute Gasteiger partial charge is 0.356 e. The van der Waals surface area contributed by atoms with Gasteiger partial charge in [0, 0.05) is 0 Å². The van der Waals surface area contributed by atoms with Crippen LogP contribution in [0.25, 0.3) is 0 Å². The second-order valence-electron chi connectivity index (χ2n) is 3.29.